The third-order valence-electron chi connectivity index (χ3n) is 2.16. The van der Waals surface area contributed by atoms with Crippen molar-refractivity contribution >= 4 is 11.9 Å². The normalized spacial score (nSPS) is 9.94. The Balaban J connectivity index is 4.21. The Morgan fingerprint density at radius 3 is 2.17 bits per heavy atom. The van der Waals surface area contributed by atoms with Gasteiger partial charge in [0.15, 0.2) is 0 Å². The summed E-state index contributed by atoms with van der Waals surface area (Å²) < 4.78 is 4.81. The van der Waals surface area contributed by atoms with Crippen LogP contribution in [0.4, 0.5) is 0 Å². The molecule has 102 valence electrons. The minimum absolute atomic E-state index is 0.0680. The molecule has 5 nitrogen and oxygen atoms in total. The third-order valence-corrected chi connectivity index (χ3v) is 2.16. The lowest BCUT2D eigenvalue weighted by molar-refractivity contribution is -0.144. The molecule has 0 aromatic carbocycles. The van der Waals surface area contributed by atoms with E-state index < -0.39 is 0 Å². The lowest BCUT2D eigenvalue weighted by atomic mass is 10.4. The molecule has 5 heteroatoms. The molecule has 0 rings (SSSR count). The summed E-state index contributed by atoms with van der Waals surface area (Å²) in [6, 6.07) is 0. The number of carbonyl (C=O) groups is 2. The van der Waals surface area contributed by atoms with Crippen LogP contribution in [0.25, 0.3) is 0 Å². The minimum Gasteiger partial charge on any atom is -0.465 e. The average Bonchev–Trinajstić information content (AvgIpc) is 2.28. The van der Waals surface area contributed by atoms with E-state index in [0.717, 1.165) is 0 Å². The third kappa shape index (κ3) is 6.85. The molecule has 0 atom stereocenters. The number of ether oxygens (including phenoxy) is 1. The van der Waals surface area contributed by atoms with Gasteiger partial charge >= 0.3 is 5.97 Å². The van der Waals surface area contributed by atoms with Crippen LogP contribution < -0.4 is 0 Å². The highest BCUT2D eigenvalue weighted by atomic mass is 16.5. The van der Waals surface area contributed by atoms with Gasteiger partial charge in [0.25, 0.3) is 0 Å². The largest absolute Gasteiger partial charge is 0.465 e. The molecule has 0 aromatic rings. The van der Waals surface area contributed by atoms with Crippen LogP contribution in [-0.2, 0) is 14.3 Å². The first-order valence-corrected chi connectivity index (χ1v) is 5.88. The summed E-state index contributed by atoms with van der Waals surface area (Å²) in [4.78, 5) is 26.4. The summed E-state index contributed by atoms with van der Waals surface area (Å²) in [6.07, 6.45) is 3.32. The van der Waals surface area contributed by atoms with Crippen LogP contribution in [0.1, 0.15) is 6.92 Å². The topological polar surface area (TPSA) is 49.9 Å². The smallest absolute Gasteiger partial charge is 0.320 e. The highest BCUT2D eigenvalue weighted by Crippen LogP contribution is 1.94. The fraction of sp³-hybridized carbons (Fsp3) is 0.538. The van der Waals surface area contributed by atoms with E-state index >= 15 is 0 Å². The Labute approximate surface area is 109 Å². The van der Waals surface area contributed by atoms with Crippen LogP contribution in [0.15, 0.2) is 25.3 Å². The fourth-order valence-electron chi connectivity index (χ4n) is 1.40. The Bertz CT molecular complexity index is 293. The van der Waals surface area contributed by atoms with E-state index in [-0.39, 0.29) is 25.0 Å². The summed E-state index contributed by atoms with van der Waals surface area (Å²) in [5.41, 5.74) is 0. The van der Waals surface area contributed by atoms with Crippen LogP contribution in [0.5, 0.6) is 0 Å². The van der Waals surface area contributed by atoms with Gasteiger partial charge in [-0.3, -0.25) is 14.5 Å². The van der Waals surface area contributed by atoms with Gasteiger partial charge < -0.3 is 9.64 Å². The SMILES string of the molecule is C=CCN(CC=C)C(=O)CN(C)CC(=O)OCC. The van der Waals surface area contributed by atoms with Crippen molar-refractivity contribution < 1.29 is 14.3 Å². The summed E-state index contributed by atoms with van der Waals surface area (Å²) in [7, 11) is 1.70. The molecule has 0 radical (unpaired) electrons. The molecule has 0 unspecified atom stereocenters. The highest BCUT2D eigenvalue weighted by molar-refractivity contribution is 5.79. The van der Waals surface area contributed by atoms with E-state index in [4.69, 9.17) is 4.74 Å². The van der Waals surface area contributed by atoms with Crippen LogP contribution in [0.3, 0.4) is 0 Å². The number of esters is 1. The number of nitrogens with zero attached hydrogens (tertiary/aromatic N) is 2. The Morgan fingerprint density at radius 1 is 1.17 bits per heavy atom. The van der Waals surface area contributed by atoms with Crippen molar-refractivity contribution in [2.24, 2.45) is 0 Å². The quantitative estimate of drug-likeness (QED) is 0.448. The first kappa shape index (κ1) is 16.4. The van der Waals surface area contributed by atoms with Crippen molar-refractivity contribution in [3.63, 3.8) is 0 Å². The zero-order valence-electron chi connectivity index (χ0n) is 11.2. The second kappa shape index (κ2) is 9.41. The predicted octanol–water partition coefficient (Wildman–Crippen LogP) is 0.682. The van der Waals surface area contributed by atoms with Gasteiger partial charge in [-0.1, -0.05) is 12.2 Å². The Morgan fingerprint density at radius 2 is 1.72 bits per heavy atom. The zero-order chi connectivity index (χ0) is 14.0. The number of likely N-dealkylation sites (N-methyl/N-ethyl adjacent to an activating group) is 1. The summed E-state index contributed by atoms with van der Waals surface area (Å²) in [6.45, 7) is 10.5. The second-order valence-corrected chi connectivity index (χ2v) is 3.85. The summed E-state index contributed by atoms with van der Waals surface area (Å²) in [5.74, 6) is -0.395. The molecule has 0 saturated heterocycles. The fourth-order valence-corrected chi connectivity index (χ4v) is 1.40. The molecule has 0 aliphatic carbocycles. The number of carbonyl (C=O) groups excluding carboxylic acids is 2. The molecular formula is C13H22N2O3. The molecule has 0 bridgehead atoms. The second-order valence-electron chi connectivity index (χ2n) is 3.85. The first-order valence-electron chi connectivity index (χ1n) is 5.88. The number of hydrogen-bond donors (Lipinski definition) is 0. The first-order chi connectivity index (χ1) is 8.54. The number of rotatable bonds is 9. The molecule has 1 amide bonds. The summed E-state index contributed by atoms with van der Waals surface area (Å²) >= 11 is 0. The average molecular weight is 254 g/mol. The van der Waals surface area contributed by atoms with E-state index in [2.05, 4.69) is 13.2 Å². The van der Waals surface area contributed by atoms with Crippen LogP contribution in [0, 0.1) is 0 Å². The van der Waals surface area contributed by atoms with Gasteiger partial charge in [0.1, 0.15) is 0 Å². The van der Waals surface area contributed by atoms with Crippen molar-refractivity contribution in [3.8, 4) is 0 Å². The Kier molecular flexibility index (Phi) is 8.57. The van der Waals surface area contributed by atoms with E-state index in [0.29, 0.717) is 19.7 Å². The lowest BCUT2D eigenvalue weighted by Crippen LogP contribution is -2.41. The van der Waals surface area contributed by atoms with E-state index in [9.17, 15) is 9.59 Å². The molecular weight excluding hydrogens is 232 g/mol. The van der Waals surface area contributed by atoms with Crippen LogP contribution >= 0.6 is 0 Å². The molecule has 0 aliphatic heterocycles. The van der Waals surface area contributed by atoms with Gasteiger partial charge in [0, 0.05) is 13.1 Å². The molecule has 0 aromatic heterocycles. The van der Waals surface area contributed by atoms with Crippen molar-refractivity contribution in [2.75, 3.05) is 39.8 Å². The molecule has 0 N–H and O–H groups in total. The Hall–Kier alpha value is -1.62. The molecule has 0 aliphatic rings. The van der Waals surface area contributed by atoms with Gasteiger partial charge in [-0.05, 0) is 14.0 Å². The van der Waals surface area contributed by atoms with Crippen molar-refractivity contribution in [2.45, 2.75) is 6.92 Å². The van der Waals surface area contributed by atoms with Crippen LogP contribution in [0.2, 0.25) is 0 Å². The van der Waals surface area contributed by atoms with Crippen LogP contribution in [-0.4, -0.2) is 61.5 Å². The monoisotopic (exact) mass is 254 g/mol. The minimum atomic E-state index is -0.327. The standard InChI is InChI=1S/C13H22N2O3/c1-5-8-15(9-6-2)12(16)10-14(4)11-13(17)18-7-3/h5-6H,1-2,7-11H2,3-4H3. The van der Waals surface area contributed by atoms with Gasteiger partial charge in [-0.2, -0.15) is 0 Å². The zero-order valence-corrected chi connectivity index (χ0v) is 11.2. The maximum Gasteiger partial charge on any atom is 0.320 e. The molecule has 0 fully saturated rings. The van der Waals surface area contributed by atoms with Crippen molar-refractivity contribution in [1.29, 1.82) is 0 Å². The molecule has 18 heavy (non-hydrogen) atoms. The van der Waals surface area contributed by atoms with Gasteiger partial charge in [-0.25, -0.2) is 0 Å². The van der Waals surface area contributed by atoms with Crippen molar-refractivity contribution in [1.82, 2.24) is 9.80 Å². The van der Waals surface area contributed by atoms with E-state index in [1.54, 1.807) is 35.9 Å². The van der Waals surface area contributed by atoms with Gasteiger partial charge in [0.2, 0.25) is 5.91 Å². The van der Waals surface area contributed by atoms with Gasteiger partial charge in [-0.15, -0.1) is 13.2 Å². The van der Waals surface area contributed by atoms with Gasteiger partial charge in [0.05, 0.1) is 19.7 Å². The highest BCUT2D eigenvalue weighted by Gasteiger charge is 2.15. The number of amides is 1. The number of hydrogen-bond acceptors (Lipinski definition) is 4. The molecule has 0 heterocycles. The summed E-state index contributed by atoms with van der Waals surface area (Å²) in [5, 5.41) is 0. The maximum absolute atomic E-state index is 11.9. The molecule has 0 spiro atoms. The maximum atomic E-state index is 11.9. The van der Waals surface area contributed by atoms with Crippen molar-refractivity contribution in [3.05, 3.63) is 25.3 Å². The predicted molar refractivity (Wildman–Crippen MR) is 71.1 cm³/mol. The van der Waals surface area contributed by atoms with E-state index in [1.165, 1.54) is 0 Å². The van der Waals surface area contributed by atoms with E-state index in [1.807, 2.05) is 0 Å². The lowest BCUT2D eigenvalue weighted by Gasteiger charge is -2.22. The molecule has 0 saturated carbocycles.